The molecule has 0 aliphatic rings. The summed E-state index contributed by atoms with van der Waals surface area (Å²) >= 11 is 5.82. The Balaban J connectivity index is 2.42. The van der Waals surface area contributed by atoms with Gasteiger partial charge in [0.1, 0.15) is 0 Å². The first-order valence-corrected chi connectivity index (χ1v) is 6.68. The van der Waals surface area contributed by atoms with E-state index in [1.54, 1.807) is 31.3 Å². The summed E-state index contributed by atoms with van der Waals surface area (Å²) in [6.07, 6.45) is 0. The first-order valence-electron chi connectivity index (χ1n) is 6.30. The second-order valence-electron chi connectivity index (χ2n) is 4.46. The first kappa shape index (κ1) is 15.8. The molecular weight excluding hydrogens is 308 g/mol. The van der Waals surface area contributed by atoms with Crippen molar-refractivity contribution in [2.75, 3.05) is 19.1 Å². The minimum atomic E-state index is -0.585. The lowest BCUT2D eigenvalue weighted by molar-refractivity contribution is -0.385. The molecule has 0 radical (unpaired) electrons. The molecule has 0 N–H and O–H groups in total. The monoisotopic (exact) mass is 320 g/mol. The topological polar surface area (TPSA) is 72.7 Å². The van der Waals surface area contributed by atoms with Crippen molar-refractivity contribution in [3.05, 3.63) is 63.2 Å². The highest BCUT2D eigenvalue weighted by Crippen LogP contribution is 2.32. The van der Waals surface area contributed by atoms with Crippen molar-refractivity contribution >= 4 is 28.9 Å². The molecule has 6 nitrogen and oxygen atoms in total. The summed E-state index contributed by atoms with van der Waals surface area (Å²) in [5, 5.41) is 11.6. The van der Waals surface area contributed by atoms with E-state index in [4.69, 9.17) is 16.3 Å². The lowest BCUT2D eigenvalue weighted by atomic mass is 10.1. The van der Waals surface area contributed by atoms with Crippen LogP contribution >= 0.6 is 11.6 Å². The van der Waals surface area contributed by atoms with Crippen molar-refractivity contribution in [3.8, 4) is 5.75 Å². The SMILES string of the molecule is COc1c(C(=O)N(C)c2ccc(Cl)cc2)cccc1[N+](=O)[O-]. The number of halogens is 1. The molecule has 2 aromatic rings. The van der Waals surface area contributed by atoms with Crippen molar-refractivity contribution in [1.82, 2.24) is 0 Å². The van der Waals surface area contributed by atoms with Gasteiger partial charge in [-0.15, -0.1) is 0 Å². The van der Waals surface area contributed by atoms with Crippen LogP contribution in [0.5, 0.6) is 5.75 Å². The van der Waals surface area contributed by atoms with Crippen molar-refractivity contribution in [2.24, 2.45) is 0 Å². The van der Waals surface area contributed by atoms with Gasteiger partial charge in [-0.25, -0.2) is 0 Å². The lowest BCUT2D eigenvalue weighted by Gasteiger charge is -2.18. The number of hydrogen-bond acceptors (Lipinski definition) is 4. The number of ether oxygens (including phenoxy) is 1. The molecule has 0 fully saturated rings. The maximum absolute atomic E-state index is 12.6. The number of nitro groups is 1. The molecule has 7 heteroatoms. The zero-order valence-corrected chi connectivity index (χ0v) is 12.7. The zero-order chi connectivity index (χ0) is 16.3. The summed E-state index contributed by atoms with van der Waals surface area (Å²) in [5.74, 6) is -0.471. The van der Waals surface area contributed by atoms with Crippen LogP contribution in [0.25, 0.3) is 0 Å². The predicted molar refractivity (Wildman–Crippen MR) is 83.8 cm³/mol. The van der Waals surface area contributed by atoms with Gasteiger partial charge < -0.3 is 9.64 Å². The van der Waals surface area contributed by atoms with E-state index in [1.165, 1.54) is 30.2 Å². The highest BCUT2D eigenvalue weighted by atomic mass is 35.5. The summed E-state index contributed by atoms with van der Waals surface area (Å²) in [5.41, 5.74) is 0.481. The standard InChI is InChI=1S/C15H13ClN2O4/c1-17(11-8-6-10(16)7-9-11)15(19)12-4-3-5-13(18(20)21)14(12)22-2/h3-9H,1-2H3. The fraction of sp³-hybridized carbons (Fsp3) is 0.133. The molecule has 0 unspecified atom stereocenters. The Hall–Kier alpha value is -2.60. The molecule has 0 bridgehead atoms. The first-order chi connectivity index (χ1) is 10.5. The fourth-order valence-electron chi connectivity index (χ4n) is 2.01. The number of carbonyl (C=O) groups excluding carboxylic acids is 1. The highest BCUT2D eigenvalue weighted by molar-refractivity contribution is 6.30. The quantitative estimate of drug-likeness (QED) is 0.638. The molecule has 0 aromatic heterocycles. The Morgan fingerprint density at radius 2 is 1.86 bits per heavy atom. The van der Waals surface area contributed by atoms with Crippen molar-refractivity contribution in [2.45, 2.75) is 0 Å². The summed E-state index contributed by atoms with van der Waals surface area (Å²) in [7, 11) is 2.87. The van der Waals surface area contributed by atoms with Crippen LogP contribution < -0.4 is 9.64 Å². The van der Waals surface area contributed by atoms with E-state index in [0.29, 0.717) is 10.7 Å². The van der Waals surface area contributed by atoms with Gasteiger partial charge in [0.05, 0.1) is 17.6 Å². The molecule has 0 spiro atoms. The molecule has 0 saturated heterocycles. The van der Waals surface area contributed by atoms with Crippen LogP contribution in [0, 0.1) is 10.1 Å². The zero-order valence-electron chi connectivity index (χ0n) is 11.9. The normalized spacial score (nSPS) is 10.1. The molecular formula is C15H13ClN2O4. The average molecular weight is 321 g/mol. The van der Waals surface area contributed by atoms with Gasteiger partial charge in [-0.2, -0.15) is 0 Å². The summed E-state index contributed by atoms with van der Waals surface area (Å²) in [4.78, 5) is 24.4. The Bertz CT molecular complexity index is 716. The number of amides is 1. The predicted octanol–water partition coefficient (Wildman–Crippen LogP) is 3.53. The number of methoxy groups -OCH3 is 1. The average Bonchev–Trinajstić information content (AvgIpc) is 2.53. The molecule has 1 amide bonds. The second kappa shape index (κ2) is 6.44. The number of hydrogen-bond donors (Lipinski definition) is 0. The number of nitro benzene ring substituents is 1. The third kappa shape index (κ3) is 3.01. The third-order valence-electron chi connectivity index (χ3n) is 3.14. The third-order valence-corrected chi connectivity index (χ3v) is 3.40. The number of benzene rings is 2. The summed E-state index contributed by atoms with van der Waals surface area (Å²) in [6.45, 7) is 0. The minimum Gasteiger partial charge on any atom is -0.490 e. The van der Waals surface area contributed by atoms with E-state index in [-0.39, 0.29) is 17.0 Å². The molecule has 0 atom stereocenters. The minimum absolute atomic E-state index is 0.0571. The van der Waals surface area contributed by atoms with Crippen LogP contribution in [0.2, 0.25) is 5.02 Å². The number of para-hydroxylation sites is 1. The van der Waals surface area contributed by atoms with Crippen LogP contribution in [-0.2, 0) is 0 Å². The number of nitrogens with zero attached hydrogens (tertiary/aromatic N) is 2. The Morgan fingerprint density at radius 1 is 1.23 bits per heavy atom. The van der Waals surface area contributed by atoms with Gasteiger partial charge in [0.15, 0.2) is 0 Å². The van der Waals surface area contributed by atoms with E-state index >= 15 is 0 Å². The number of carbonyl (C=O) groups is 1. The van der Waals surface area contributed by atoms with Gasteiger partial charge in [-0.05, 0) is 30.3 Å². The van der Waals surface area contributed by atoms with Crippen molar-refractivity contribution in [1.29, 1.82) is 0 Å². The molecule has 0 saturated carbocycles. The Kier molecular flexibility index (Phi) is 4.62. The molecule has 2 aromatic carbocycles. The van der Waals surface area contributed by atoms with E-state index in [1.807, 2.05) is 0 Å². The van der Waals surface area contributed by atoms with Gasteiger partial charge in [0, 0.05) is 23.8 Å². The molecule has 0 heterocycles. The van der Waals surface area contributed by atoms with Crippen molar-refractivity contribution < 1.29 is 14.5 Å². The second-order valence-corrected chi connectivity index (χ2v) is 4.89. The molecule has 0 aliphatic heterocycles. The number of anilines is 1. The van der Waals surface area contributed by atoms with Gasteiger partial charge in [0.25, 0.3) is 5.91 Å². The molecule has 0 aliphatic carbocycles. The molecule has 22 heavy (non-hydrogen) atoms. The van der Waals surface area contributed by atoms with Gasteiger partial charge in [-0.1, -0.05) is 17.7 Å². The van der Waals surface area contributed by atoms with Crippen LogP contribution in [0.1, 0.15) is 10.4 Å². The summed E-state index contributed by atoms with van der Waals surface area (Å²) < 4.78 is 5.05. The van der Waals surface area contributed by atoms with E-state index in [2.05, 4.69) is 0 Å². The largest absolute Gasteiger partial charge is 0.490 e. The highest BCUT2D eigenvalue weighted by Gasteiger charge is 2.25. The fourth-order valence-corrected chi connectivity index (χ4v) is 2.14. The summed E-state index contributed by atoms with van der Waals surface area (Å²) in [6, 6.07) is 10.9. The van der Waals surface area contributed by atoms with Gasteiger partial charge in [-0.3, -0.25) is 14.9 Å². The van der Waals surface area contributed by atoms with E-state index in [9.17, 15) is 14.9 Å². The van der Waals surface area contributed by atoms with Crippen LogP contribution in [-0.4, -0.2) is 25.0 Å². The number of rotatable bonds is 4. The maximum Gasteiger partial charge on any atom is 0.311 e. The molecule has 114 valence electrons. The van der Waals surface area contributed by atoms with E-state index < -0.39 is 10.8 Å². The smallest absolute Gasteiger partial charge is 0.311 e. The lowest BCUT2D eigenvalue weighted by Crippen LogP contribution is -2.26. The Labute approximate surface area is 132 Å². The van der Waals surface area contributed by atoms with Crippen molar-refractivity contribution in [3.63, 3.8) is 0 Å². The maximum atomic E-state index is 12.6. The van der Waals surface area contributed by atoms with E-state index in [0.717, 1.165) is 0 Å². The van der Waals surface area contributed by atoms with Crippen LogP contribution in [0.15, 0.2) is 42.5 Å². The van der Waals surface area contributed by atoms with Gasteiger partial charge >= 0.3 is 5.69 Å². The Morgan fingerprint density at radius 3 is 2.41 bits per heavy atom. The van der Waals surface area contributed by atoms with Gasteiger partial charge in [0.2, 0.25) is 5.75 Å². The van der Waals surface area contributed by atoms with Crippen LogP contribution in [0.4, 0.5) is 11.4 Å². The molecule has 2 rings (SSSR count). The van der Waals surface area contributed by atoms with Crippen LogP contribution in [0.3, 0.4) is 0 Å².